The lowest BCUT2D eigenvalue weighted by molar-refractivity contribution is 0.0981. The molecule has 12 heavy (non-hydrogen) atoms. The van der Waals surface area contributed by atoms with Crippen LogP contribution in [-0.2, 0) is 0 Å². The van der Waals surface area contributed by atoms with Crippen molar-refractivity contribution in [1.82, 2.24) is 0 Å². The Kier molecular flexibility index (Phi) is 7.58. The van der Waals surface area contributed by atoms with Crippen molar-refractivity contribution in [3.63, 3.8) is 0 Å². The van der Waals surface area contributed by atoms with E-state index in [1.165, 1.54) is 25.7 Å². The average molecular weight is 172 g/mol. The molecule has 1 heteroatoms. The lowest BCUT2D eigenvalue weighted by Crippen LogP contribution is -2.19. The number of hydrogen-bond donors (Lipinski definition) is 1. The summed E-state index contributed by atoms with van der Waals surface area (Å²) in [7, 11) is 0. The van der Waals surface area contributed by atoms with Gasteiger partial charge in [-0.1, -0.05) is 46.5 Å². The van der Waals surface area contributed by atoms with Crippen molar-refractivity contribution < 1.29 is 5.11 Å². The van der Waals surface area contributed by atoms with Gasteiger partial charge in [0.2, 0.25) is 0 Å². The molecule has 0 radical (unpaired) electrons. The SMILES string of the molecule is CC.CCCC1CCCC(O)C1. The molecule has 1 saturated carbocycles. The highest BCUT2D eigenvalue weighted by Gasteiger charge is 2.18. The van der Waals surface area contributed by atoms with E-state index in [0.29, 0.717) is 0 Å². The lowest BCUT2D eigenvalue weighted by atomic mass is 9.85. The van der Waals surface area contributed by atoms with E-state index in [2.05, 4.69) is 6.92 Å². The summed E-state index contributed by atoms with van der Waals surface area (Å²) in [5.74, 6) is 0.828. The van der Waals surface area contributed by atoms with Gasteiger partial charge in [0.15, 0.2) is 0 Å². The van der Waals surface area contributed by atoms with Gasteiger partial charge in [-0.25, -0.2) is 0 Å². The summed E-state index contributed by atoms with van der Waals surface area (Å²) in [4.78, 5) is 0. The fourth-order valence-electron chi connectivity index (χ4n) is 1.93. The van der Waals surface area contributed by atoms with Gasteiger partial charge in [-0.05, 0) is 18.8 Å². The molecule has 0 heterocycles. The van der Waals surface area contributed by atoms with Crippen molar-refractivity contribution in [3.8, 4) is 0 Å². The summed E-state index contributed by atoms with van der Waals surface area (Å²) in [6, 6.07) is 0. The molecule has 0 aromatic heterocycles. The Morgan fingerprint density at radius 1 is 1.25 bits per heavy atom. The summed E-state index contributed by atoms with van der Waals surface area (Å²) in [6.07, 6.45) is 7.31. The highest BCUT2D eigenvalue weighted by Crippen LogP contribution is 2.27. The fourth-order valence-corrected chi connectivity index (χ4v) is 1.93. The van der Waals surface area contributed by atoms with Crippen molar-refractivity contribution in [2.24, 2.45) is 5.92 Å². The van der Waals surface area contributed by atoms with Crippen molar-refractivity contribution in [2.75, 3.05) is 0 Å². The van der Waals surface area contributed by atoms with E-state index in [0.717, 1.165) is 18.8 Å². The molecule has 1 nitrogen and oxygen atoms in total. The number of aliphatic hydroxyl groups excluding tert-OH is 1. The number of aliphatic hydroxyl groups is 1. The van der Waals surface area contributed by atoms with E-state index in [1.807, 2.05) is 13.8 Å². The Balaban J connectivity index is 0.000000561. The van der Waals surface area contributed by atoms with Crippen LogP contribution in [0.2, 0.25) is 0 Å². The maximum atomic E-state index is 9.31. The minimum atomic E-state index is 0.0188. The molecule has 2 unspecified atom stereocenters. The van der Waals surface area contributed by atoms with Crippen LogP contribution >= 0.6 is 0 Å². The third-order valence-corrected chi connectivity index (χ3v) is 2.45. The van der Waals surface area contributed by atoms with Gasteiger partial charge in [0.05, 0.1) is 6.10 Å². The van der Waals surface area contributed by atoms with E-state index in [-0.39, 0.29) is 6.10 Å². The van der Waals surface area contributed by atoms with Crippen LogP contribution in [0.4, 0.5) is 0 Å². The Morgan fingerprint density at radius 3 is 2.42 bits per heavy atom. The molecule has 0 aromatic carbocycles. The van der Waals surface area contributed by atoms with E-state index in [9.17, 15) is 5.11 Å². The van der Waals surface area contributed by atoms with Gasteiger partial charge in [0.25, 0.3) is 0 Å². The van der Waals surface area contributed by atoms with E-state index < -0.39 is 0 Å². The predicted molar refractivity (Wildman–Crippen MR) is 54.2 cm³/mol. The smallest absolute Gasteiger partial charge is 0.0542 e. The van der Waals surface area contributed by atoms with E-state index in [1.54, 1.807) is 0 Å². The normalized spacial score (nSPS) is 29.0. The van der Waals surface area contributed by atoms with Crippen LogP contribution < -0.4 is 0 Å². The van der Waals surface area contributed by atoms with Crippen LogP contribution in [0.15, 0.2) is 0 Å². The summed E-state index contributed by atoms with van der Waals surface area (Å²) in [5.41, 5.74) is 0. The molecule has 74 valence electrons. The molecule has 1 aliphatic rings. The van der Waals surface area contributed by atoms with Crippen LogP contribution in [0.5, 0.6) is 0 Å². The zero-order chi connectivity index (χ0) is 9.40. The van der Waals surface area contributed by atoms with Crippen molar-refractivity contribution in [1.29, 1.82) is 0 Å². The second-order valence-electron chi connectivity index (χ2n) is 3.48. The topological polar surface area (TPSA) is 20.2 Å². The second-order valence-corrected chi connectivity index (χ2v) is 3.48. The first kappa shape index (κ1) is 12.0. The highest BCUT2D eigenvalue weighted by molar-refractivity contribution is 4.71. The fraction of sp³-hybridized carbons (Fsp3) is 1.00. The first-order valence-electron chi connectivity index (χ1n) is 5.51. The highest BCUT2D eigenvalue weighted by atomic mass is 16.3. The predicted octanol–water partition coefficient (Wildman–Crippen LogP) is 3.36. The van der Waals surface area contributed by atoms with Gasteiger partial charge >= 0.3 is 0 Å². The minimum absolute atomic E-state index is 0.0188. The molecule has 0 amide bonds. The standard InChI is InChI=1S/C9H18O.C2H6/c1-2-4-8-5-3-6-9(10)7-8;1-2/h8-10H,2-7H2,1H3;1-2H3. The minimum Gasteiger partial charge on any atom is -0.393 e. The molecule has 1 rings (SSSR count). The van der Waals surface area contributed by atoms with Crippen LogP contribution in [-0.4, -0.2) is 11.2 Å². The maximum Gasteiger partial charge on any atom is 0.0542 e. The summed E-state index contributed by atoms with van der Waals surface area (Å²) in [5, 5.41) is 9.31. The quantitative estimate of drug-likeness (QED) is 0.677. The molecule has 0 aromatic rings. The zero-order valence-corrected chi connectivity index (χ0v) is 8.84. The molecule has 2 atom stereocenters. The van der Waals surface area contributed by atoms with Gasteiger partial charge < -0.3 is 5.11 Å². The van der Waals surface area contributed by atoms with Crippen molar-refractivity contribution >= 4 is 0 Å². The second kappa shape index (κ2) is 7.60. The van der Waals surface area contributed by atoms with Crippen LogP contribution in [0.3, 0.4) is 0 Å². The molecular formula is C11H24O. The van der Waals surface area contributed by atoms with Gasteiger partial charge in [-0.3, -0.25) is 0 Å². The average Bonchev–Trinajstić information content (AvgIpc) is 2.09. The number of rotatable bonds is 2. The molecule has 1 fully saturated rings. The van der Waals surface area contributed by atoms with Gasteiger partial charge in [0.1, 0.15) is 0 Å². The number of hydrogen-bond acceptors (Lipinski definition) is 1. The molecule has 0 aliphatic heterocycles. The van der Waals surface area contributed by atoms with E-state index >= 15 is 0 Å². The molecule has 1 N–H and O–H groups in total. The Bertz CT molecular complexity index is 89.0. The molecule has 1 aliphatic carbocycles. The summed E-state index contributed by atoms with van der Waals surface area (Å²) in [6.45, 7) is 6.22. The lowest BCUT2D eigenvalue weighted by Gasteiger charge is -2.25. The van der Waals surface area contributed by atoms with Crippen molar-refractivity contribution in [2.45, 2.75) is 65.4 Å². The Morgan fingerprint density at radius 2 is 1.92 bits per heavy atom. The molecular weight excluding hydrogens is 148 g/mol. The van der Waals surface area contributed by atoms with Crippen LogP contribution in [0.25, 0.3) is 0 Å². The monoisotopic (exact) mass is 172 g/mol. The van der Waals surface area contributed by atoms with Gasteiger partial charge in [-0.15, -0.1) is 0 Å². The summed E-state index contributed by atoms with van der Waals surface area (Å²) < 4.78 is 0. The van der Waals surface area contributed by atoms with E-state index in [4.69, 9.17) is 0 Å². The third-order valence-electron chi connectivity index (χ3n) is 2.45. The Hall–Kier alpha value is -0.0400. The maximum absolute atomic E-state index is 9.31. The van der Waals surface area contributed by atoms with Crippen molar-refractivity contribution in [3.05, 3.63) is 0 Å². The first-order valence-corrected chi connectivity index (χ1v) is 5.51. The molecule has 0 spiro atoms. The van der Waals surface area contributed by atoms with Crippen LogP contribution in [0.1, 0.15) is 59.3 Å². The Labute approximate surface area is 77.2 Å². The zero-order valence-electron chi connectivity index (χ0n) is 8.84. The van der Waals surface area contributed by atoms with Gasteiger partial charge in [-0.2, -0.15) is 0 Å². The van der Waals surface area contributed by atoms with Crippen LogP contribution in [0, 0.1) is 5.92 Å². The largest absolute Gasteiger partial charge is 0.393 e. The van der Waals surface area contributed by atoms with Gasteiger partial charge in [0, 0.05) is 0 Å². The first-order chi connectivity index (χ1) is 5.83. The third kappa shape index (κ3) is 4.76. The summed E-state index contributed by atoms with van der Waals surface area (Å²) >= 11 is 0. The molecule has 0 saturated heterocycles. The molecule has 0 bridgehead atoms.